The molecule has 0 saturated carbocycles. The normalized spacial score (nSPS) is 14.3. The summed E-state index contributed by atoms with van der Waals surface area (Å²) in [5.74, 6) is -0.213. The molecule has 0 aromatic heterocycles. The largest absolute Gasteiger partial charge is 0.286 e. The Kier molecular flexibility index (Phi) is 3.95. The van der Waals surface area contributed by atoms with Gasteiger partial charge in [0.1, 0.15) is 0 Å². The lowest BCUT2D eigenvalue weighted by Crippen LogP contribution is -2.38. The van der Waals surface area contributed by atoms with Crippen molar-refractivity contribution in [3.05, 3.63) is 34.9 Å². The number of amides is 1. The number of aryl methyl sites for hydroxylation is 2. The second kappa shape index (κ2) is 5.33. The number of hydrogen-bond donors (Lipinski definition) is 1. The number of benzene rings is 1. The van der Waals surface area contributed by atoms with Crippen LogP contribution in [0.3, 0.4) is 0 Å². The molecule has 1 amide bonds. The topological polar surface area (TPSA) is 40.5 Å². The Labute approximate surface area is 115 Å². The van der Waals surface area contributed by atoms with E-state index < -0.39 is 5.41 Å². The van der Waals surface area contributed by atoms with Crippen LogP contribution >= 0.6 is 0 Å². The molecule has 0 radical (unpaired) electrons. The van der Waals surface area contributed by atoms with Crippen molar-refractivity contribution in [3.63, 3.8) is 0 Å². The molecule has 0 spiro atoms. The summed E-state index contributed by atoms with van der Waals surface area (Å²) < 4.78 is 0. The summed E-state index contributed by atoms with van der Waals surface area (Å²) in [4.78, 5) is 12.1. The summed E-state index contributed by atoms with van der Waals surface area (Å²) in [5, 5.41) is 10.8. The van der Waals surface area contributed by atoms with Crippen molar-refractivity contribution in [2.24, 2.45) is 5.41 Å². The van der Waals surface area contributed by atoms with E-state index in [0.717, 1.165) is 23.5 Å². The lowest BCUT2D eigenvalue weighted by Gasteiger charge is -2.26. The van der Waals surface area contributed by atoms with Crippen molar-refractivity contribution < 1.29 is 10.0 Å². The molecule has 1 N–H and O–H groups in total. The fraction of sp³-hybridized carbons (Fsp3) is 0.562. The highest BCUT2D eigenvalue weighted by molar-refractivity contribution is 5.80. The third-order valence-corrected chi connectivity index (χ3v) is 4.19. The van der Waals surface area contributed by atoms with Gasteiger partial charge in [0.15, 0.2) is 0 Å². The zero-order valence-electron chi connectivity index (χ0n) is 12.1. The molecule has 19 heavy (non-hydrogen) atoms. The van der Waals surface area contributed by atoms with Crippen LogP contribution in [-0.4, -0.2) is 16.2 Å². The summed E-state index contributed by atoms with van der Waals surface area (Å²) in [6.07, 6.45) is 4.19. The van der Waals surface area contributed by atoms with Gasteiger partial charge in [-0.25, -0.2) is 5.06 Å². The summed E-state index contributed by atoms with van der Waals surface area (Å²) in [7, 11) is 0. The zero-order chi connectivity index (χ0) is 14.0. The van der Waals surface area contributed by atoms with E-state index in [1.54, 1.807) is 0 Å². The molecule has 1 aromatic carbocycles. The van der Waals surface area contributed by atoms with Gasteiger partial charge in [-0.1, -0.05) is 39.0 Å². The first-order chi connectivity index (χ1) is 8.94. The number of rotatable bonds is 4. The maximum absolute atomic E-state index is 12.1. The summed E-state index contributed by atoms with van der Waals surface area (Å²) in [6, 6.07) is 6.26. The summed E-state index contributed by atoms with van der Waals surface area (Å²) >= 11 is 0. The maximum Gasteiger partial charge on any atom is 0.251 e. The van der Waals surface area contributed by atoms with E-state index in [9.17, 15) is 10.0 Å². The lowest BCUT2D eigenvalue weighted by atomic mass is 9.89. The van der Waals surface area contributed by atoms with Gasteiger partial charge in [0.05, 0.1) is 6.54 Å². The van der Waals surface area contributed by atoms with Crippen LogP contribution in [0.5, 0.6) is 0 Å². The van der Waals surface area contributed by atoms with E-state index in [0.29, 0.717) is 6.42 Å². The van der Waals surface area contributed by atoms with Crippen molar-refractivity contribution in [3.8, 4) is 0 Å². The molecular formula is C16H23NO2. The fourth-order valence-electron chi connectivity index (χ4n) is 2.47. The number of carbonyl (C=O) groups excluding carboxylic acids is 1. The minimum absolute atomic E-state index is 0.213. The first kappa shape index (κ1) is 14.1. The predicted octanol–water partition coefficient (Wildman–Crippen LogP) is 3.33. The minimum atomic E-state index is -0.508. The van der Waals surface area contributed by atoms with Crippen LogP contribution in [0.15, 0.2) is 18.2 Å². The van der Waals surface area contributed by atoms with Gasteiger partial charge in [-0.05, 0) is 42.4 Å². The molecule has 0 saturated heterocycles. The number of nitrogens with zero attached hydrogens (tertiary/aromatic N) is 1. The van der Waals surface area contributed by atoms with Crippen LogP contribution < -0.4 is 0 Å². The molecule has 1 aliphatic rings. The van der Waals surface area contributed by atoms with Crippen LogP contribution in [0.2, 0.25) is 0 Å². The van der Waals surface area contributed by atoms with E-state index >= 15 is 0 Å². The zero-order valence-corrected chi connectivity index (χ0v) is 12.1. The van der Waals surface area contributed by atoms with Crippen LogP contribution in [0.4, 0.5) is 0 Å². The van der Waals surface area contributed by atoms with Crippen LogP contribution in [0, 0.1) is 5.41 Å². The van der Waals surface area contributed by atoms with Crippen molar-refractivity contribution in [1.29, 1.82) is 0 Å². The summed E-state index contributed by atoms with van der Waals surface area (Å²) in [6.45, 7) is 5.96. The van der Waals surface area contributed by atoms with E-state index in [-0.39, 0.29) is 12.5 Å². The smallest absolute Gasteiger partial charge is 0.251 e. The van der Waals surface area contributed by atoms with Crippen molar-refractivity contribution in [1.82, 2.24) is 5.06 Å². The molecule has 2 rings (SSSR count). The van der Waals surface area contributed by atoms with Crippen LogP contribution in [0.25, 0.3) is 0 Å². The van der Waals surface area contributed by atoms with Gasteiger partial charge in [-0.15, -0.1) is 0 Å². The van der Waals surface area contributed by atoms with E-state index in [1.165, 1.54) is 17.5 Å². The Hall–Kier alpha value is -1.35. The molecule has 0 aliphatic heterocycles. The van der Waals surface area contributed by atoms with Gasteiger partial charge >= 0.3 is 0 Å². The van der Waals surface area contributed by atoms with Crippen molar-refractivity contribution in [2.45, 2.75) is 53.0 Å². The van der Waals surface area contributed by atoms with E-state index in [2.05, 4.69) is 12.1 Å². The third-order valence-electron chi connectivity index (χ3n) is 4.19. The van der Waals surface area contributed by atoms with Crippen molar-refractivity contribution in [2.75, 3.05) is 0 Å². The molecule has 3 nitrogen and oxygen atoms in total. The maximum atomic E-state index is 12.1. The Bertz CT molecular complexity index is 480. The fourth-order valence-corrected chi connectivity index (χ4v) is 2.47. The highest BCUT2D eigenvalue weighted by Crippen LogP contribution is 2.25. The Morgan fingerprint density at radius 1 is 1.32 bits per heavy atom. The molecular weight excluding hydrogens is 238 g/mol. The number of hydroxylamine groups is 2. The molecule has 3 heteroatoms. The molecule has 1 aliphatic carbocycles. The monoisotopic (exact) mass is 261 g/mol. The first-order valence-electron chi connectivity index (χ1n) is 7.05. The van der Waals surface area contributed by atoms with Gasteiger partial charge in [0, 0.05) is 5.41 Å². The molecule has 0 bridgehead atoms. The highest BCUT2D eigenvalue weighted by atomic mass is 16.5. The van der Waals surface area contributed by atoms with Gasteiger partial charge in [0.25, 0.3) is 5.91 Å². The van der Waals surface area contributed by atoms with Gasteiger partial charge in [-0.3, -0.25) is 10.0 Å². The van der Waals surface area contributed by atoms with Gasteiger partial charge in [-0.2, -0.15) is 0 Å². The van der Waals surface area contributed by atoms with Crippen molar-refractivity contribution >= 4 is 5.91 Å². The average molecular weight is 261 g/mol. The van der Waals surface area contributed by atoms with E-state index in [1.807, 2.05) is 26.8 Å². The molecule has 0 atom stereocenters. The average Bonchev–Trinajstić information content (AvgIpc) is 2.85. The standard InChI is InChI=1S/C16H23NO2/c1-4-16(2,3)15(18)17(19)11-12-8-9-13-6-5-7-14(13)10-12/h8-10,19H,4-7,11H2,1-3H3. The second-order valence-electron chi connectivity index (χ2n) is 6.06. The first-order valence-corrected chi connectivity index (χ1v) is 7.05. The Balaban J connectivity index is 2.07. The quantitative estimate of drug-likeness (QED) is 0.667. The molecule has 0 unspecified atom stereocenters. The van der Waals surface area contributed by atoms with Gasteiger partial charge in [0.2, 0.25) is 0 Å². The van der Waals surface area contributed by atoms with Crippen LogP contribution in [-0.2, 0) is 24.2 Å². The minimum Gasteiger partial charge on any atom is -0.286 e. The SMILES string of the molecule is CCC(C)(C)C(=O)N(O)Cc1ccc2c(c1)CCC2. The number of hydrogen-bond acceptors (Lipinski definition) is 2. The predicted molar refractivity (Wildman–Crippen MR) is 74.9 cm³/mol. The Morgan fingerprint density at radius 3 is 2.68 bits per heavy atom. The lowest BCUT2D eigenvalue weighted by molar-refractivity contribution is -0.178. The molecule has 1 aromatic rings. The molecule has 0 fully saturated rings. The Morgan fingerprint density at radius 2 is 2.00 bits per heavy atom. The molecule has 104 valence electrons. The molecule has 0 heterocycles. The van der Waals surface area contributed by atoms with E-state index in [4.69, 9.17) is 0 Å². The second-order valence-corrected chi connectivity index (χ2v) is 6.06. The number of carbonyl (C=O) groups is 1. The van der Waals surface area contributed by atoms with Gasteiger partial charge < -0.3 is 0 Å². The number of fused-ring (bicyclic) bond motifs is 1. The van der Waals surface area contributed by atoms with Crippen LogP contribution in [0.1, 0.15) is 50.3 Å². The highest BCUT2D eigenvalue weighted by Gasteiger charge is 2.29. The summed E-state index contributed by atoms with van der Waals surface area (Å²) in [5.41, 5.74) is 3.27. The third kappa shape index (κ3) is 2.98.